The van der Waals surface area contributed by atoms with Crippen LogP contribution in [0.2, 0.25) is 0 Å². The van der Waals surface area contributed by atoms with Crippen LogP contribution in [-0.4, -0.2) is 19.3 Å². The monoisotopic (exact) mass is 246 g/mol. The lowest BCUT2D eigenvalue weighted by Crippen LogP contribution is -2.24. The first-order valence-corrected chi connectivity index (χ1v) is 5.04. The number of methoxy groups -OCH3 is 1. The fourth-order valence-corrected chi connectivity index (χ4v) is 1.47. The normalized spacial score (nSPS) is 13.2. The molecular formula is C12H13F3O2. The molecule has 0 saturated heterocycles. The Hall–Kier alpha value is -1.52. The molecule has 0 aromatic heterocycles. The van der Waals surface area contributed by atoms with Crippen LogP contribution in [-0.2, 0) is 9.53 Å². The highest BCUT2D eigenvalue weighted by Crippen LogP contribution is 2.37. The first-order chi connectivity index (χ1) is 7.84. The Bertz CT molecular complexity index is 382. The van der Waals surface area contributed by atoms with Gasteiger partial charge in [-0.1, -0.05) is 29.8 Å². The van der Waals surface area contributed by atoms with E-state index in [1.165, 1.54) is 12.1 Å². The van der Waals surface area contributed by atoms with Gasteiger partial charge in [-0.05, 0) is 12.5 Å². The summed E-state index contributed by atoms with van der Waals surface area (Å²) >= 11 is 0. The van der Waals surface area contributed by atoms with Gasteiger partial charge >= 0.3 is 12.1 Å². The van der Waals surface area contributed by atoms with Crippen molar-refractivity contribution < 1.29 is 22.7 Å². The maximum atomic E-state index is 12.8. The zero-order valence-corrected chi connectivity index (χ0v) is 9.54. The molecule has 17 heavy (non-hydrogen) atoms. The molecule has 0 saturated carbocycles. The molecule has 1 rings (SSSR count). The van der Waals surface area contributed by atoms with E-state index in [0.717, 1.165) is 12.7 Å². The number of carbonyl (C=O) groups excluding carboxylic acids is 1. The summed E-state index contributed by atoms with van der Waals surface area (Å²) in [5, 5.41) is 0. The molecule has 0 N–H and O–H groups in total. The number of ether oxygens (including phenoxy) is 1. The van der Waals surface area contributed by atoms with E-state index >= 15 is 0 Å². The van der Waals surface area contributed by atoms with Gasteiger partial charge in [-0.3, -0.25) is 4.79 Å². The van der Waals surface area contributed by atoms with E-state index in [2.05, 4.69) is 4.74 Å². The van der Waals surface area contributed by atoms with Crippen LogP contribution in [0.25, 0.3) is 0 Å². The molecule has 0 amide bonds. The number of carbonyl (C=O) groups is 1. The van der Waals surface area contributed by atoms with Crippen LogP contribution in [0.4, 0.5) is 13.2 Å². The number of hydrogen-bond acceptors (Lipinski definition) is 2. The number of alkyl halides is 3. The van der Waals surface area contributed by atoms with Gasteiger partial charge in [-0.2, -0.15) is 13.2 Å². The minimum atomic E-state index is -4.45. The summed E-state index contributed by atoms with van der Waals surface area (Å²) in [6, 6.07) is 5.95. The lowest BCUT2D eigenvalue weighted by atomic mass is 9.94. The Morgan fingerprint density at radius 1 is 1.29 bits per heavy atom. The van der Waals surface area contributed by atoms with Crippen LogP contribution in [0, 0.1) is 6.92 Å². The summed E-state index contributed by atoms with van der Waals surface area (Å²) in [5.41, 5.74) is 0.946. The Labute approximate surface area is 97.4 Å². The van der Waals surface area contributed by atoms with E-state index in [1.54, 1.807) is 19.1 Å². The second-order valence-electron chi connectivity index (χ2n) is 3.79. The Morgan fingerprint density at radius 2 is 1.82 bits per heavy atom. The van der Waals surface area contributed by atoms with Gasteiger partial charge in [-0.25, -0.2) is 0 Å². The molecule has 0 fully saturated rings. The molecule has 2 nitrogen and oxygen atoms in total. The molecule has 1 aromatic carbocycles. The van der Waals surface area contributed by atoms with Crippen LogP contribution >= 0.6 is 0 Å². The molecule has 1 aromatic rings. The third-order valence-electron chi connectivity index (χ3n) is 2.47. The number of rotatable bonds is 3. The van der Waals surface area contributed by atoms with Gasteiger partial charge in [0, 0.05) is 0 Å². The van der Waals surface area contributed by atoms with E-state index in [-0.39, 0.29) is 5.56 Å². The smallest absolute Gasteiger partial charge is 0.396 e. The molecular weight excluding hydrogens is 233 g/mol. The minimum absolute atomic E-state index is 0.0773. The van der Waals surface area contributed by atoms with Crippen LogP contribution in [0.15, 0.2) is 24.3 Å². The number of benzene rings is 1. The van der Waals surface area contributed by atoms with E-state index < -0.39 is 24.5 Å². The first kappa shape index (κ1) is 13.5. The van der Waals surface area contributed by atoms with Crippen molar-refractivity contribution in [3.63, 3.8) is 0 Å². The maximum Gasteiger partial charge on any atom is 0.396 e. The van der Waals surface area contributed by atoms with E-state index in [1.807, 2.05) is 0 Å². The summed E-state index contributed by atoms with van der Waals surface area (Å²) in [7, 11) is 1.07. The van der Waals surface area contributed by atoms with Crippen molar-refractivity contribution in [1.82, 2.24) is 0 Å². The standard InChI is InChI=1S/C12H13F3O2/c1-8-3-5-9(6-4-8)10(12(13,14)15)7-11(16)17-2/h3-6,10H,7H2,1-2H3. The lowest BCUT2D eigenvalue weighted by Gasteiger charge is -2.19. The molecule has 94 valence electrons. The van der Waals surface area contributed by atoms with Gasteiger partial charge in [0.15, 0.2) is 0 Å². The third-order valence-corrected chi connectivity index (χ3v) is 2.47. The maximum absolute atomic E-state index is 12.8. The molecule has 0 radical (unpaired) electrons. The third kappa shape index (κ3) is 3.76. The predicted octanol–water partition coefficient (Wildman–Crippen LogP) is 3.20. The molecule has 0 spiro atoms. The predicted molar refractivity (Wildman–Crippen MR) is 56.6 cm³/mol. The fourth-order valence-electron chi connectivity index (χ4n) is 1.47. The van der Waals surface area contributed by atoms with Gasteiger partial charge in [0.1, 0.15) is 0 Å². The number of halogens is 3. The average Bonchev–Trinajstić information content (AvgIpc) is 2.25. The van der Waals surface area contributed by atoms with E-state index in [9.17, 15) is 18.0 Å². The van der Waals surface area contributed by atoms with Crippen molar-refractivity contribution in [2.45, 2.75) is 25.4 Å². The quantitative estimate of drug-likeness (QED) is 0.765. The lowest BCUT2D eigenvalue weighted by molar-refractivity contribution is -0.164. The van der Waals surface area contributed by atoms with E-state index in [4.69, 9.17) is 0 Å². The highest BCUT2D eigenvalue weighted by atomic mass is 19.4. The summed E-state index contributed by atoms with van der Waals surface area (Å²) in [5.74, 6) is -2.68. The van der Waals surface area contributed by atoms with E-state index in [0.29, 0.717) is 0 Å². The zero-order valence-electron chi connectivity index (χ0n) is 9.54. The Morgan fingerprint density at radius 3 is 2.24 bits per heavy atom. The minimum Gasteiger partial charge on any atom is -0.469 e. The van der Waals surface area contributed by atoms with Crippen molar-refractivity contribution in [2.75, 3.05) is 7.11 Å². The fraction of sp³-hybridized carbons (Fsp3) is 0.417. The van der Waals surface area contributed by atoms with Gasteiger partial charge in [0.05, 0.1) is 19.4 Å². The highest BCUT2D eigenvalue weighted by Gasteiger charge is 2.42. The summed E-state index contributed by atoms with van der Waals surface area (Å²) in [6.07, 6.45) is -5.15. The molecule has 0 aliphatic heterocycles. The van der Waals surface area contributed by atoms with Gasteiger partial charge in [-0.15, -0.1) is 0 Å². The molecule has 0 heterocycles. The van der Waals surface area contributed by atoms with Gasteiger partial charge < -0.3 is 4.74 Å². The van der Waals surface area contributed by atoms with Crippen molar-refractivity contribution in [3.05, 3.63) is 35.4 Å². The van der Waals surface area contributed by atoms with Gasteiger partial charge in [0.2, 0.25) is 0 Å². The highest BCUT2D eigenvalue weighted by molar-refractivity contribution is 5.70. The van der Waals surface area contributed by atoms with Crippen LogP contribution in [0.1, 0.15) is 23.5 Å². The molecule has 5 heteroatoms. The number of hydrogen-bond donors (Lipinski definition) is 0. The van der Waals surface area contributed by atoms with Crippen molar-refractivity contribution >= 4 is 5.97 Å². The number of aryl methyl sites for hydroxylation is 1. The second-order valence-corrected chi connectivity index (χ2v) is 3.79. The Balaban J connectivity index is 2.98. The zero-order chi connectivity index (χ0) is 13.1. The van der Waals surface area contributed by atoms with Crippen molar-refractivity contribution in [1.29, 1.82) is 0 Å². The van der Waals surface area contributed by atoms with Gasteiger partial charge in [0.25, 0.3) is 0 Å². The first-order valence-electron chi connectivity index (χ1n) is 5.04. The largest absolute Gasteiger partial charge is 0.469 e. The molecule has 1 unspecified atom stereocenters. The summed E-state index contributed by atoms with van der Waals surface area (Å²) in [4.78, 5) is 11.0. The topological polar surface area (TPSA) is 26.3 Å². The average molecular weight is 246 g/mol. The molecule has 1 atom stereocenters. The summed E-state index contributed by atoms with van der Waals surface area (Å²) in [6.45, 7) is 1.78. The molecule has 0 aliphatic carbocycles. The molecule has 0 aliphatic rings. The van der Waals surface area contributed by atoms with Crippen LogP contribution < -0.4 is 0 Å². The second kappa shape index (κ2) is 5.21. The summed E-state index contributed by atoms with van der Waals surface area (Å²) < 4.78 is 42.7. The SMILES string of the molecule is COC(=O)CC(c1ccc(C)cc1)C(F)(F)F. The molecule has 0 bridgehead atoms. The van der Waals surface area contributed by atoms with Crippen molar-refractivity contribution in [2.24, 2.45) is 0 Å². The van der Waals surface area contributed by atoms with Crippen LogP contribution in [0.3, 0.4) is 0 Å². The Kier molecular flexibility index (Phi) is 4.15. The van der Waals surface area contributed by atoms with Crippen molar-refractivity contribution in [3.8, 4) is 0 Å². The van der Waals surface area contributed by atoms with Crippen LogP contribution in [0.5, 0.6) is 0 Å². The number of esters is 1.